The molecule has 13 heavy (non-hydrogen) atoms. The topological polar surface area (TPSA) is 52.6 Å². The van der Waals surface area contributed by atoms with E-state index in [1.807, 2.05) is 0 Å². The number of carbonyl (C=O) groups excluding carboxylic acids is 1. The molecule has 0 spiro atoms. The van der Waals surface area contributed by atoms with Crippen LogP contribution >= 0.6 is 0 Å². The van der Waals surface area contributed by atoms with Crippen LogP contribution in [-0.2, 0) is 9.53 Å². The second-order valence-corrected chi connectivity index (χ2v) is 3.48. The molecule has 0 radical (unpaired) electrons. The fraction of sp³-hybridized carbons (Fsp3) is 0.875. The SMILES string of the molecule is O=C([O-])C1CC2COCCN2C1.[Li+]. The van der Waals surface area contributed by atoms with E-state index < -0.39 is 5.97 Å². The Bertz CT molecular complexity index is 186. The first-order valence-corrected chi connectivity index (χ1v) is 4.30. The zero-order chi connectivity index (χ0) is 8.55. The molecule has 68 valence electrons. The molecular formula is C8H12LiNO3. The molecule has 2 fully saturated rings. The normalized spacial score (nSPS) is 33.5. The fourth-order valence-corrected chi connectivity index (χ4v) is 2.00. The van der Waals surface area contributed by atoms with Crippen LogP contribution in [0.1, 0.15) is 6.42 Å². The Morgan fingerprint density at radius 1 is 1.54 bits per heavy atom. The van der Waals surface area contributed by atoms with E-state index >= 15 is 0 Å². The van der Waals surface area contributed by atoms with E-state index in [1.54, 1.807) is 0 Å². The predicted octanol–water partition coefficient (Wildman–Crippen LogP) is -4.54. The average Bonchev–Trinajstić information content (AvgIpc) is 2.46. The van der Waals surface area contributed by atoms with Crippen molar-refractivity contribution in [3.8, 4) is 0 Å². The van der Waals surface area contributed by atoms with Gasteiger partial charge in [-0.1, -0.05) is 0 Å². The number of hydrogen-bond donors (Lipinski definition) is 0. The van der Waals surface area contributed by atoms with Crippen LogP contribution in [0.5, 0.6) is 0 Å². The summed E-state index contributed by atoms with van der Waals surface area (Å²) in [6, 6.07) is 0.321. The van der Waals surface area contributed by atoms with E-state index in [1.165, 1.54) is 0 Å². The Balaban J connectivity index is 0.000000845. The van der Waals surface area contributed by atoms with Gasteiger partial charge in [-0.15, -0.1) is 0 Å². The van der Waals surface area contributed by atoms with Crippen molar-refractivity contribution < 1.29 is 33.5 Å². The minimum absolute atomic E-state index is 0. The molecule has 0 aromatic rings. The van der Waals surface area contributed by atoms with Crippen LogP contribution in [0.4, 0.5) is 0 Å². The number of fused-ring (bicyclic) bond motifs is 1. The first kappa shape index (κ1) is 11.1. The summed E-state index contributed by atoms with van der Waals surface area (Å²) in [6.07, 6.45) is 0.697. The Morgan fingerprint density at radius 2 is 2.31 bits per heavy atom. The van der Waals surface area contributed by atoms with Crippen LogP contribution in [0.25, 0.3) is 0 Å². The van der Waals surface area contributed by atoms with Gasteiger partial charge in [-0.3, -0.25) is 4.90 Å². The third-order valence-corrected chi connectivity index (χ3v) is 2.69. The quantitative estimate of drug-likeness (QED) is 0.379. The number of nitrogens with zero attached hydrogens (tertiary/aromatic N) is 1. The van der Waals surface area contributed by atoms with Crippen LogP contribution in [0.3, 0.4) is 0 Å². The van der Waals surface area contributed by atoms with Crippen LogP contribution in [0, 0.1) is 5.92 Å². The van der Waals surface area contributed by atoms with Gasteiger partial charge in [-0.2, -0.15) is 0 Å². The zero-order valence-electron chi connectivity index (χ0n) is 7.86. The molecule has 2 unspecified atom stereocenters. The molecule has 2 rings (SSSR count). The van der Waals surface area contributed by atoms with Gasteiger partial charge in [0.2, 0.25) is 0 Å². The van der Waals surface area contributed by atoms with Crippen molar-refractivity contribution in [2.24, 2.45) is 5.92 Å². The molecule has 0 aromatic carbocycles. The van der Waals surface area contributed by atoms with Crippen LogP contribution in [0.15, 0.2) is 0 Å². The van der Waals surface area contributed by atoms with Crippen molar-refractivity contribution in [3.05, 3.63) is 0 Å². The van der Waals surface area contributed by atoms with E-state index in [-0.39, 0.29) is 24.8 Å². The van der Waals surface area contributed by atoms with Gasteiger partial charge >= 0.3 is 18.9 Å². The summed E-state index contributed by atoms with van der Waals surface area (Å²) in [5.74, 6) is -1.19. The molecule has 5 heteroatoms. The van der Waals surface area contributed by atoms with Gasteiger partial charge in [0.05, 0.1) is 13.2 Å². The fourth-order valence-electron chi connectivity index (χ4n) is 2.00. The number of carbonyl (C=O) groups is 1. The molecular weight excluding hydrogens is 165 g/mol. The zero-order valence-corrected chi connectivity index (χ0v) is 7.86. The summed E-state index contributed by atoms with van der Waals surface area (Å²) in [4.78, 5) is 12.8. The van der Waals surface area contributed by atoms with Crippen LogP contribution in [0.2, 0.25) is 0 Å². The molecule has 0 amide bonds. The van der Waals surface area contributed by atoms with Crippen molar-refractivity contribution >= 4 is 5.97 Å². The van der Waals surface area contributed by atoms with E-state index in [2.05, 4.69) is 4.90 Å². The number of carboxylic acids is 1. The number of rotatable bonds is 1. The monoisotopic (exact) mass is 177 g/mol. The molecule has 0 aromatic heterocycles. The van der Waals surface area contributed by atoms with Crippen LogP contribution < -0.4 is 24.0 Å². The summed E-state index contributed by atoms with van der Waals surface area (Å²) in [7, 11) is 0. The maximum Gasteiger partial charge on any atom is 1.00 e. The maximum atomic E-state index is 10.6. The average molecular weight is 177 g/mol. The third kappa shape index (κ3) is 2.26. The third-order valence-electron chi connectivity index (χ3n) is 2.69. The molecule has 2 aliphatic rings. The summed E-state index contributed by atoms with van der Waals surface area (Å²) in [6.45, 7) is 2.94. The standard InChI is InChI=1S/C8H13NO3.Li/c10-8(11)6-3-7-5-12-2-1-9(7)4-6;/h6-7H,1-5H2,(H,10,11);/q;+1/p-1. The minimum Gasteiger partial charge on any atom is -0.550 e. The predicted molar refractivity (Wildman–Crippen MR) is 39.3 cm³/mol. The van der Waals surface area contributed by atoms with Crippen molar-refractivity contribution in [2.45, 2.75) is 12.5 Å². The van der Waals surface area contributed by atoms with Gasteiger partial charge in [0.15, 0.2) is 0 Å². The van der Waals surface area contributed by atoms with E-state index in [0.717, 1.165) is 13.2 Å². The number of morpholine rings is 1. The molecule has 2 saturated heterocycles. The first-order valence-electron chi connectivity index (χ1n) is 4.30. The Kier molecular flexibility index (Phi) is 3.81. The number of carboxylic acid groups (broad SMARTS) is 1. The van der Waals surface area contributed by atoms with Crippen LogP contribution in [-0.4, -0.2) is 43.2 Å². The Labute approximate surface area is 89.4 Å². The molecule has 2 aliphatic heterocycles. The molecule has 0 N–H and O–H groups in total. The van der Waals surface area contributed by atoms with Gasteiger partial charge in [0.1, 0.15) is 0 Å². The second-order valence-electron chi connectivity index (χ2n) is 3.48. The van der Waals surface area contributed by atoms with Crippen molar-refractivity contribution in [2.75, 3.05) is 26.3 Å². The summed E-state index contributed by atoms with van der Waals surface area (Å²) < 4.78 is 5.26. The van der Waals surface area contributed by atoms with Gasteiger partial charge < -0.3 is 14.6 Å². The van der Waals surface area contributed by atoms with Gasteiger partial charge in [0, 0.05) is 31.0 Å². The van der Waals surface area contributed by atoms with E-state index in [0.29, 0.717) is 25.6 Å². The largest absolute Gasteiger partial charge is 1.00 e. The molecule has 0 aliphatic carbocycles. The van der Waals surface area contributed by atoms with Gasteiger partial charge in [0.25, 0.3) is 0 Å². The number of aliphatic carboxylic acids is 1. The Hall–Kier alpha value is -0.0126. The van der Waals surface area contributed by atoms with Crippen molar-refractivity contribution in [1.29, 1.82) is 0 Å². The maximum absolute atomic E-state index is 10.6. The molecule has 0 bridgehead atoms. The molecule has 0 saturated carbocycles. The van der Waals surface area contributed by atoms with E-state index in [4.69, 9.17) is 4.74 Å². The van der Waals surface area contributed by atoms with Crippen molar-refractivity contribution in [1.82, 2.24) is 4.90 Å². The second kappa shape index (κ2) is 4.47. The van der Waals surface area contributed by atoms with Gasteiger partial charge in [-0.25, -0.2) is 0 Å². The smallest absolute Gasteiger partial charge is 0.550 e. The van der Waals surface area contributed by atoms with Crippen molar-refractivity contribution in [3.63, 3.8) is 0 Å². The van der Waals surface area contributed by atoms with Gasteiger partial charge in [-0.05, 0) is 6.42 Å². The molecule has 4 nitrogen and oxygen atoms in total. The number of hydrogen-bond acceptors (Lipinski definition) is 4. The first-order chi connectivity index (χ1) is 5.77. The van der Waals surface area contributed by atoms with E-state index in [9.17, 15) is 9.90 Å². The summed E-state index contributed by atoms with van der Waals surface area (Å²) in [5, 5.41) is 10.6. The number of ether oxygens (including phenoxy) is 1. The molecule has 2 atom stereocenters. The summed E-state index contributed by atoms with van der Waals surface area (Å²) >= 11 is 0. The Morgan fingerprint density at radius 3 is 2.92 bits per heavy atom. The molecule has 2 heterocycles. The minimum atomic E-state index is -0.913. The summed E-state index contributed by atoms with van der Waals surface area (Å²) in [5.41, 5.74) is 0.